The molecule has 0 aliphatic carbocycles. The minimum absolute atomic E-state index is 0.207. The Labute approximate surface area is 80.7 Å². The van der Waals surface area contributed by atoms with Crippen LogP contribution in [0.2, 0.25) is 0 Å². The fraction of sp³-hybridized carbons (Fsp3) is 0.900. The third-order valence-electron chi connectivity index (χ3n) is 2.91. The lowest BCUT2D eigenvalue weighted by Crippen LogP contribution is -2.54. The van der Waals surface area contributed by atoms with E-state index in [1.165, 1.54) is 0 Å². The Morgan fingerprint density at radius 1 is 1.38 bits per heavy atom. The first-order chi connectivity index (χ1) is 6.02. The van der Waals surface area contributed by atoms with Gasteiger partial charge in [-0.15, -0.1) is 0 Å². The maximum Gasteiger partial charge on any atom is 0.219 e. The number of carbonyl (C=O) groups excluding carboxylic acids is 1. The fourth-order valence-electron chi connectivity index (χ4n) is 1.91. The van der Waals surface area contributed by atoms with Gasteiger partial charge in [-0.05, 0) is 13.0 Å². The maximum absolute atomic E-state index is 11.2. The Bertz CT molecular complexity index is 191. The van der Waals surface area contributed by atoms with E-state index in [1.807, 2.05) is 4.90 Å². The molecule has 0 N–H and O–H groups in total. The molecule has 3 nitrogen and oxygen atoms in total. The van der Waals surface area contributed by atoms with Crippen LogP contribution in [0.15, 0.2) is 0 Å². The normalized spacial score (nSPS) is 25.3. The Morgan fingerprint density at radius 3 is 2.46 bits per heavy atom. The predicted octanol–water partition coefficient (Wildman–Crippen LogP) is 0.805. The number of nitrogens with zero attached hydrogens (tertiary/aromatic N) is 2. The lowest BCUT2D eigenvalue weighted by molar-refractivity contribution is -0.132. The van der Waals surface area contributed by atoms with E-state index in [9.17, 15) is 4.79 Å². The highest BCUT2D eigenvalue weighted by Gasteiger charge is 2.27. The van der Waals surface area contributed by atoms with Crippen molar-refractivity contribution in [3.8, 4) is 0 Å². The van der Waals surface area contributed by atoms with E-state index in [1.54, 1.807) is 6.92 Å². The van der Waals surface area contributed by atoms with Gasteiger partial charge in [0.25, 0.3) is 0 Å². The molecule has 1 rings (SSSR count). The summed E-state index contributed by atoms with van der Waals surface area (Å²) in [5.41, 5.74) is 0. The van der Waals surface area contributed by atoms with Gasteiger partial charge in [-0.3, -0.25) is 9.69 Å². The average molecular weight is 184 g/mol. The minimum Gasteiger partial charge on any atom is -0.340 e. The molecule has 0 aromatic heterocycles. The number of piperazine rings is 1. The lowest BCUT2D eigenvalue weighted by Gasteiger charge is -2.41. The van der Waals surface area contributed by atoms with Gasteiger partial charge in [0.05, 0.1) is 0 Å². The van der Waals surface area contributed by atoms with Gasteiger partial charge in [-0.25, -0.2) is 0 Å². The highest BCUT2D eigenvalue weighted by Crippen LogP contribution is 2.15. The number of amides is 1. The van der Waals surface area contributed by atoms with Crippen molar-refractivity contribution in [3.05, 3.63) is 0 Å². The monoisotopic (exact) mass is 184 g/mol. The molecule has 0 radical (unpaired) electrons. The van der Waals surface area contributed by atoms with Crippen molar-refractivity contribution in [3.63, 3.8) is 0 Å². The Morgan fingerprint density at radius 2 is 2.00 bits per heavy atom. The lowest BCUT2D eigenvalue weighted by atomic mass is 10.0. The smallest absolute Gasteiger partial charge is 0.219 e. The first kappa shape index (κ1) is 10.5. The summed E-state index contributed by atoms with van der Waals surface area (Å²) in [6, 6.07) is 0.526. The first-order valence-electron chi connectivity index (χ1n) is 4.98. The molecule has 0 aromatic rings. The topological polar surface area (TPSA) is 23.6 Å². The second-order valence-electron chi connectivity index (χ2n) is 4.26. The summed E-state index contributed by atoms with van der Waals surface area (Å²) in [6.45, 7) is 8.86. The van der Waals surface area contributed by atoms with Crippen molar-refractivity contribution in [1.29, 1.82) is 0 Å². The quantitative estimate of drug-likeness (QED) is 0.602. The van der Waals surface area contributed by atoms with Crippen molar-refractivity contribution in [1.82, 2.24) is 9.80 Å². The molecular weight excluding hydrogens is 164 g/mol. The third kappa shape index (κ3) is 2.44. The van der Waals surface area contributed by atoms with Crippen LogP contribution in [0.1, 0.15) is 20.8 Å². The largest absolute Gasteiger partial charge is 0.340 e. The summed E-state index contributed by atoms with van der Waals surface area (Å²) in [5, 5.41) is 0. The zero-order chi connectivity index (χ0) is 10.0. The van der Waals surface area contributed by atoms with Crippen LogP contribution in [0.3, 0.4) is 0 Å². The van der Waals surface area contributed by atoms with E-state index in [-0.39, 0.29) is 5.91 Å². The first-order valence-corrected chi connectivity index (χ1v) is 4.98. The van der Waals surface area contributed by atoms with Crippen molar-refractivity contribution in [2.75, 3.05) is 26.7 Å². The molecule has 13 heavy (non-hydrogen) atoms. The fourth-order valence-corrected chi connectivity index (χ4v) is 1.91. The molecule has 3 heteroatoms. The summed E-state index contributed by atoms with van der Waals surface area (Å²) < 4.78 is 0. The van der Waals surface area contributed by atoms with E-state index in [4.69, 9.17) is 0 Å². The van der Waals surface area contributed by atoms with Gasteiger partial charge in [0.2, 0.25) is 5.91 Å². The predicted molar refractivity (Wildman–Crippen MR) is 53.5 cm³/mol. The molecule has 0 spiro atoms. The Hall–Kier alpha value is -0.570. The van der Waals surface area contributed by atoms with Crippen LogP contribution in [0, 0.1) is 5.92 Å². The molecule has 0 bridgehead atoms. The van der Waals surface area contributed by atoms with E-state index >= 15 is 0 Å². The summed E-state index contributed by atoms with van der Waals surface area (Å²) in [7, 11) is 2.14. The van der Waals surface area contributed by atoms with Crippen LogP contribution in [0.25, 0.3) is 0 Å². The molecule has 1 atom stereocenters. The zero-order valence-electron chi connectivity index (χ0n) is 9.08. The van der Waals surface area contributed by atoms with E-state index in [0.29, 0.717) is 12.0 Å². The molecule has 1 aliphatic heterocycles. The number of rotatable bonds is 1. The van der Waals surface area contributed by atoms with E-state index in [0.717, 1.165) is 19.6 Å². The van der Waals surface area contributed by atoms with E-state index < -0.39 is 0 Å². The maximum atomic E-state index is 11.2. The molecule has 1 heterocycles. The molecular formula is C10H20N2O. The molecule has 76 valence electrons. The van der Waals surface area contributed by atoms with Gasteiger partial charge >= 0.3 is 0 Å². The summed E-state index contributed by atoms with van der Waals surface area (Å²) >= 11 is 0. The Kier molecular flexibility index (Phi) is 3.31. The molecule has 1 aliphatic rings. The molecule has 0 aromatic carbocycles. The van der Waals surface area contributed by atoms with Gasteiger partial charge < -0.3 is 4.90 Å². The van der Waals surface area contributed by atoms with Crippen molar-refractivity contribution in [2.45, 2.75) is 26.8 Å². The highest BCUT2D eigenvalue weighted by atomic mass is 16.2. The van der Waals surface area contributed by atoms with Gasteiger partial charge in [0.1, 0.15) is 0 Å². The van der Waals surface area contributed by atoms with Gasteiger partial charge in [0, 0.05) is 32.6 Å². The van der Waals surface area contributed by atoms with Crippen molar-refractivity contribution < 1.29 is 4.79 Å². The molecule has 0 saturated carbocycles. The summed E-state index contributed by atoms with van der Waals surface area (Å²) in [6.07, 6.45) is 0. The standard InChI is InChI=1S/C10H20N2O/c1-8(2)10-7-12(9(3)13)6-5-11(10)4/h8,10H,5-7H2,1-4H3. The molecule has 1 fully saturated rings. The SMILES string of the molecule is CC(=O)N1CCN(C)C(C(C)C)C1. The third-order valence-corrected chi connectivity index (χ3v) is 2.91. The average Bonchev–Trinajstić information content (AvgIpc) is 2.04. The number of carbonyl (C=O) groups is 1. The molecule has 1 saturated heterocycles. The van der Waals surface area contributed by atoms with Crippen LogP contribution < -0.4 is 0 Å². The molecule has 1 unspecified atom stereocenters. The zero-order valence-corrected chi connectivity index (χ0v) is 9.08. The summed E-state index contributed by atoms with van der Waals surface area (Å²) in [5.74, 6) is 0.825. The second-order valence-corrected chi connectivity index (χ2v) is 4.26. The van der Waals surface area contributed by atoms with Gasteiger partial charge in [0.15, 0.2) is 0 Å². The van der Waals surface area contributed by atoms with Crippen LogP contribution in [0.5, 0.6) is 0 Å². The van der Waals surface area contributed by atoms with Crippen molar-refractivity contribution in [2.24, 2.45) is 5.92 Å². The molecule has 1 amide bonds. The second kappa shape index (κ2) is 4.09. The van der Waals surface area contributed by atoms with Crippen LogP contribution >= 0.6 is 0 Å². The highest BCUT2D eigenvalue weighted by molar-refractivity contribution is 5.73. The number of hydrogen-bond donors (Lipinski definition) is 0. The van der Waals surface area contributed by atoms with Crippen LogP contribution in [-0.4, -0.2) is 48.4 Å². The van der Waals surface area contributed by atoms with Crippen LogP contribution in [-0.2, 0) is 4.79 Å². The number of likely N-dealkylation sites (N-methyl/N-ethyl adjacent to an activating group) is 1. The van der Waals surface area contributed by atoms with Crippen molar-refractivity contribution >= 4 is 5.91 Å². The number of hydrogen-bond acceptors (Lipinski definition) is 2. The van der Waals surface area contributed by atoms with E-state index in [2.05, 4.69) is 25.8 Å². The van der Waals surface area contributed by atoms with Gasteiger partial charge in [-0.2, -0.15) is 0 Å². The Balaban J connectivity index is 2.58. The summed E-state index contributed by atoms with van der Waals surface area (Å²) in [4.78, 5) is 15.5. The van der Waals surface area contributed by atoms with Gasteiger partial charge in [-0.1, -0.05) is 13.8 Å². The van der Waals surface area contributed by atoms with Crippen LogP contribution in [0.4, 0.5) is 0 Å². The minimum atomic E-state index is 0.207.